The summed E-state index contributed by atoms with van der Waals surface area (Å²) >= 11 is 15.5. The fourth-order valence-corrected chi connectivity index (χ4v) is 2.78. The molecular weight excluding hydrogens is 327 g/mol. The van der Waals surface area contributed by atoms with Gasteiger partial charge >= 0.3 is 5.97 Å². The first kappa shape index (κ1) is 14.8. The van der Waals surface area contributed by atoms with Gasteiger partial charge < -0.3 is 4.74 Å². The molecule has 5 heteroatoms. The molecule has 1 rings (SSSR count). The van der Waals surface area contributed by atoms with Crippen LogP contribution in [-0.2, 0) is 9.53 Å². The van der Waals surface area contributed by atoms with Gasteiger partial charge in [-0.1, -0.05) is 33.6 Å². The molecule has 0 aliphatic carbocycles. The first-order valence-electron chi connectivity index (χ1n) is 5.29. The van der Waals surface area contributed by atoms with E-state index < -0.39 is 0 Å². The van der Waals surface area contributed by atoms with Crippen molar-refractivity contribution in [3.05, 3.63) is 33.3 Å². The number of carbonyl (C=O) groups is 1. The zero-order valence-corrected chi connectivity index (χ0v) is 12.5. The maximum atomic E-state index is 11.2. The zero-order valence-electron chi connectivity index (χ0n) is 9.38. The monoisotopic (exact) mass is 338 g/mol. The number of alkyl halides is 1. The molecule has 1 aromatic carbocycles. The molecule has 2 nitrogen and oxygen atoms in total. The number of esters is 1. The van der Waals surface area contributed by atoms with Gasteiger partial charge in [0.1, 0.15) is 0 Å². The van der Waals surface area contributed by atoms with Crippen LogP contribution in [-0.4, -0.2) is 12.6 Å². The van der Waals surface area contributed by atoms with E-state index in [1.165, 1.54) is 0 Å². The Labute approximate surface area is 119 Å². The van der Waals surface area contributed by atoms with Gasteiger partial charge in [0.05, 0.1) is 12.0 Å². The van der Waals surface area contributed by atoms with Crippen molar-refractivity contribution in [3.8, 4) is 0 Å². The van der Waals surface area contributed by atoms with Crippen molar-refractivity contribution >= 4 is 45.1 Å². The molecule has 0 aromatic heterocycles. The van der Waals surface area contributed by atoms with Gasteiger partial charge in [-0.05, 0) is 31.0 Å². The minimum absolute atomic E-state index is 0.219. The number of halogens is 3. The summed E-state index contributed by atoms with van der Waals surface area (Å²) in [6.07, 6.45) is 0.859. The summed E-state index contributed by atoms with van der Waals surface area (Å²) in [6, 6.07) is 5.42. The number of hydrogen-bond donors (Lipinski definition) is 0. The van der Waals surface area contributed by atoms with E-state index in [4.69, 9.17) is 27.9 Å². The predicted molar refractivity (Wildman–Crippen MR) is 73.6 cm³/mol. The van der Waals surface area contributed by atoms with Crippen molar-refractivity contribution in [2.75, 3.05) is 6.61 Å². The van der Waals surface area contributed by atoms with Crippen LogP contribution in [0.1, 0.15) is 30.7 Å². The number of carbonyl (C=O) groups excluding carboxylic acids is 1. The van der Waals surface area contributed by atoms with Crippen molar-refractivity contribution in [1.82, 2.24) is 0 Å². The Morgan fingerprint density at radius 2 is 2.24 bits per heavy atom. The summed E-state index contributed by atoms with van der Waals surface area (Å²) in [5, 5.41) is 0.418. The maximum absolute atomic E-state index is 11.2. The minimum Gasteiger partial charge on any atom is -0.466 e. The van der Waals surface area contributed by atoms with Gasteiger partial charge in [-0.3, -0.25) is 4.79 Å². The van der Waals surface area contributed by atoms with Gasteiger partial charge in [0.15, 0.2) is 0 Å². The van der Waals surface area contributed by atoms with E-state index in [-0.39, 0.29) is 11.3 Å². The second-order valence-corrected chi connectivity index (χ2v) is 5.29. The molecule has 0 heterocycles. The Bertz CT molecular complexity index is 396. The van der Waals surface area contributed by atoms with Crippen molar-refractivity contribution < 1.29 is 9.53 Å². The van der Waals surface area contributed by atoms with E-state index in [2.05, 4.69) is 15.9 Å². The van der Waals surface area contributed by atoms with Crippen LogP contribution in [0.15, 0.2) is 22.7 Å². The van der Waals surface area contributed by atoms with E-state index in [1.54, 1.807) is 19.1 Å². The molecule has 0 saturated carbocycles. The summed E-state index contributed by atoms with van der Waals surface area (Å²) in [4.78, 5) is 11.2. The van der Waals surface area contributed by atoms with E-state index >= 15 is 0 Å². The topological polar surface area (TPSA) is 26.3 Å². The molecule has 1 aromatic rings. The Balaban J connectivity index is 2.57. The van der Waals surface area contributed by atoms with E-state index in [0.29, 0.717) is 24.5 Å². The fourth-order valence-electron chi connectivity index (χ4n) is 1.39. The Morgan fingerprint density at radius 3 is 2.82 bits per heavy atom. The van der Waals surface area contributed by atoms with E-state index in [0.717, 1.165) is 10.0 Å². The van der Waals surface area contributed by atoms with Crippen LogP contribution >= 0.6 is 39.1 Å². The lowest BCUT2D eigenvalue weighted by atomic mass is 10.1. The number of hydrogen-bond acceptors (Lipinski definition) is 2. The first-order valence-corrected chi connectivity index (χ1v) is 6.90. The average Bonchev–Trinajstić information content (AvgIpc) is 2.26. The lowest BCUT2D eigenvalue weighted by Gasteiger charge is -2.11. The normalized spacial score (nSPS) is 12.2. The van der Waals surface area contributed by atoms with Crippen LogP contribution in [0.3, 0.4) is 0 Å². The number of ether oxygens (including phenoxy) is 1. The van der Waals surface area contributed by atoms with Crippen LogP contribution in [0, 0.1) is 0 Å². The molecule has 0 fully saturated rings. The molecule has 0 N–H and O–H groups in total. The molecule has 0 spiro atoms. The van der Waals surface area contributed by atoms with E-state index in [1.807, 2.05) is 6.07 Å². The Morgan fingerprint density at radius 1 is 1.53 bits per heavy atom. The van der Waals surface area contributed by atoms with Crippen molar-refractivity contribution in [1.29, 1.82) is 0 Å². The zero-order chi connectivity index (χ0) is 12.8. The smallest absolute Gasteiger partial charge is 0.305 e. The summed E-state index contributed by atoms with van der Waals surface area (Å²) in [7, 11) is 0. The molecule has 0 amide bonds. The molecule has 0 bridgehead atoms. The van der Waals surface area contributed by atoms with Crippen LogP contribution in [0.4, 0.5) is 0 Å². The van der Waals surface area contributed by atoms with E-state index in [9.17, 15) is 4.79 Å². The second kappa shape index (κ2) is 7.24. The molecule has 1 atom stereocenters. The third-order valence-electron chi connectivity index (χ3n) is 2.21. The molecule has 0 aliphatic rings. The third kappa shape index (κ3) is 4.86. The van der Waals surface area contributed by atoms with Crippen molar-refractivity contribution in [2.45, 2.75) is 25.1 Å². The van der Waals surface area contributed by atoms with Crippen LogP contribution in [0.25, 0.3) is 0 Å². The second-order valence-electron chi connectivity index (χ2n) is 3.48. The number of rotatable bonds is 5. The largest absolute Gasteiger partial charge is 0.466 e. The summed E-state index contributed by atoms with van der Waals surface area (Å²) in [5.41, 5.74) is 0.931. The van der Waals surface area contributed by atoms with Gasteiger partial charge in [-0.15, -0.1) is 11.6 Å². The highest BCUT2D eigenvalue weighted by molar-refractivity contribution is 9.10. The van der Waals surface area contributed by atoms with Gasteiger partial charge in [0.2, 0.25) is 0 Å². The highest BCUT2D eigenvalue weighted by Gasteiger charge is 2.14. The lowest BCUT2D eigenvalue weighted by molar-refractivity contribution is -0.143. The summed E-state index contributed by atoms with van der Waals surface area (Å²) in [6.45, 7) is 2.18. The summed E-state index contributed by atoms with van der Waals surface area (Å²) in [5.74, 6) is -0.219. The number of benzene rings is 1. The van der Waals surface area contributed by atoms with Gasteiger partial charge in [-0.25, -0.2) is 0 Å². The first-order chi connectivity index (χ1) is 8.04. The fraction of sp³-hybridized carbons (Fsp3) is 0.417. The standard InChI is InChI=1S/C12H13BrCl2O2/c1-2-17-12(16)6-5-11(15)9-4-3-8(14)7-10(9)13/h3-4,7,11H,2,5-6H2,1H3. The van der Waals surface area contributed by atoms with Gasteiger partial charge in [-0.2, -0.15) is 0 Å². The van der Waals surface area contributed by atoms with Gasteiger partial charge in [0.25, 0.3) is 0 Å². The van der Waals surface area contributed by atoms with Crippen LogP contribution in [0.2, 0.25) is 5.02 Å². The van der Waals surface area contributed by atoms with Crippen LogP contribution in [0.5, 0.6) is 0 Å². The lowest BCUT2D eigenvalue weighted by Crippen LogP contribution is -2.05. The van der Waals surface area contributed by atoms with Crippen molar-refractivity contribution in [2.24, 2.45) is 0 Å². The summed E-state index contributed by atoms with van der Waals surface area (Å²) < 4.78 is 5.70. The van der Waals surface area contributed by atoms with Crippen LogP contribution < -0.4 is 0 Å². The maximum Gasteiger partial charge on any atom is 0.305 e. The molecule has 1 unspecified atom stereocenters. The SMILES string of the molecule is CCOC(=O)CCC(Cl)c1ccc(Cl)cc1Br. The molecule has 0 saturated heterocycles. The molecule has 0 radical (unpaired) electrons. The highest BCUT2D eigenvalue weighted by atomic mass is 79.9. The molecular formula is C12H13BrCl2O2. The Kier molecular flexibility index (Phi) is 6.31. The molecule has 0 aliphatic heterocycles. The van der Waals surface area contributed by atoms with Crippen molar-refractivity contribution in [3.63, 3.8) is 0 Å². The average molecular weight is 340 g/mol. The quantitative estimate of drug-likeness (QED) is 0.572. The third-order valence-corrected chi connectivity index (χ3v) is 3.58. The predicted octanol–water partition coefficient (Wildman–Crippen LogP) is 4.73. The molecule has 94 valence electrons. The Hall–Kier alpha value is -0.250. The molecule has 17 heavy (non-hydrogen) atoms. The highest BCUT2D eigenvalue weighted by Crippen LogP contribution is 2.33. The minimum atomic E-state index is -0.231. The van der Waals surface area contributed by atoms with Gasteiger partial charge in [0, 0.05) is 15.9 Å².